The van der Waals surface area contributed by atoms with Gasteiger partial charge in [-0.25, -0.2) is 0 Å². The number of anilines is 2. The Balaban J connectivity index is 1.51. The van der Waals surface area contributed by atoms with Crippen molar-refractivity contribution in [1.82, 2.24) is 0 Å². The molecular weight excluding hydrogens is 476 g/mol. The molecule has 2 amide bonds. The van der Waals surface area contributed by atoms with Crippen LogP contribution in [0.4, 0.5) is 11.4 Å². The SMILES string of the molecule is Cc1ccc(Cl)cc1NC(=O)C(Sc1ccc(NC(=O)c2ccccc2C)cc1)c1ccccc1. The highest BCUT2D eigenvalue weighted by molar-refractivity contribution is 8.00. The average molecular weight is 501 g/mol. The molecule has 0 saturated heterocycles. The number of carbonyl (C=O) groups is 2. The van der Waals surface area contributed by atoms with Crippen LogP contribution in [0.15, 0.2) is 102 Å². The number of hydrogen-bond donors (Lipinski definition) is 2. The fraction of sp³-hybridized carbons (Fsp3) is 0.103. The van der Waals surface area contributed by atoms with Crippen molar-refractivity contribution in [2.24, 2.45) is 0 Å². The monoisotopic (exact) mass is 500 g/mol. The van der Waals surface area contributed by atoms with E-state index in [1.807, 2.05) is 92.7 Å². The average Bonchev–Trinajstić information content (AvgIpc) is 2.86. The molecule has 0 fully saturated rings. The number of hydrogen-bond acceptors (Lipinski definition) is 3. The first-order chi connectivity index (χ1) is 16.9. The minimum Gasteiger partial charge on any atom is -0.325 e. The molecule has 2 N–H and O–H groups in total. The van der Waals surface area contributed by atoms with Crippen molar-refractivity contribution < 1.29 is 9.59 Å². The molecular formula is C29H25ClN2O2S. The van der Waals surface area contributed by atoms with E-state index in [0.29, 0.717) is 22.0 Å². The normalized spacial score (nSPS) is 11.5. The van der Waals surface area contributed by atoms with Gasteiger partial charge in [0.05, 0.1) is 0 Å². The molecule has 0 heterocycles. The molecule has 4 aromatic carbocycles. The highest BCUT2D eigenvalue weighted by Crippen LogP contribution is 2.37. The predicted octanol–water partition coefficient (Wildman–Crippen LogP) is 7.68. The first-order valence-corrected chi connectivity index (χ1v) is 12.4. The van der Waals surface area contributed by atoms with Crippen LogP contribution < -0.4 is 10.6 Å². The summed E-state index contributed by atoms with van der Waals surface area (Å²) < 4.78 is 0. The van der Waals surface area contributed by atoms with E-state index >= 15 is 0 Å². The fourth-order valence-electron chi connectivity index (χ4n) is 3.61. The Bertz CT molecular complexity index is 1340. The van der Waals surface area contributed by atoms with Gasteiger partial charge in [-0.15, -0.1) is 11.8 Å². The lowest BCUT2D eigenvalue weighted by Gasteiger charge is -2.18. The van der Waals surface area contributed by atoms with Gasteiger partial charge in [-0.3, -0.25) is 9.59 Å². The highest BCUT2D eigenvalue weighted by Gasteiger charge is 2.23. The second-order valence-corrected chi connectivity index (χ2v) is 9.77. The highest BCUT2D eigenvalue weighted by atomic mass is 35.5. The lowest BCUT2D eigenvalue weighted by molar-refractivity contribution is -0.115. The molecule has 1 unspecified atom stereocenters. The smallest absolute Gasteiger partial charge is 0.255 e. The molecule has 4 rings (SSSR count). The van der Waals surface area contributed by atoms with Gasteiger partial charge in [0, 0.05) is 26.9 Å². The zero-order valence-corrected chi connectivity index (χ0v) is 21.0. The molecule has 6 heteroatoms. The number of nitrogens with one attached hydrogen (secondary N) is 2. The predicted molar refractivity (Wildman–Crippen MR) is 145 cm³/mol. The molecule has 0 aliphatic rings. The molecule has 1 atom stereocenters. The van der Waals surface area contributed by atoms with Gasteiger partial charge in [-0.1, -0.05) is 66.2 Å². The van der Waals surface area contributed by atoms with E-state index < -0.39 is 5.25 Å². The summed E-state index contributed by atoms with van der Waals surface area (Å²) in [6.07, 6.45) is 0. The maximum absolute atomic E-state index is 13.4. The first kappa shape index (κ1) is 24.6. The molecule has 0 aliphatic heterocycles. The second-order valence-electron chi connectivity index (χ2n) is 8.15. The largest absolute Gasteiger partial charge is 0.325 e. The van der Waals surface area contributed by atoms with Gasteiger partial charge < -0.3 is 10.6 Å². The molecule has 4 aromatic rings. The van der Waals surface area contributed by atoms with Crippen molar-refractivity contribution in [1.29, 1.82) is 0 Å². The Morgan fingerprint density at radius 2 is 1.46 bits per heavy atom. The van der Waals surface area contributed by atoms with Gasteiger partial charge >= 0.3 is 0 Å². The summed E-state index contributed by atoms with van der Waals surface area (Å²) >= 11 is 7.59. The van der Waals surface area contributed by atoms with E-state index in [4.69, 9.17) is 11.6 Å². The van der Waals surface area contributed by atoms with E-state index in [-0.39, 0.29) is 11.8 Å². The first-order valence-electron chi connectivity index (χ1n) is 11.2. The second kappa shape index (κ2) is 11.3. The molecule has 0 bridgehead atoms. The van der Waals surface area contributed by atoms with Gasteiger partial charge in [0.2, 0.25) is 5.91 Å². The number of thioether (sulfide) groups is 1. The van der Waals surface area contributed by atoms with E-state index in [2.05, 4.69) is 10.6 Å². The van der Waals surface area contributed by atoms with Crippen molar-refractivity contribution in [3.8, 4) is 0 Å². The number of aryl methyl sites for hydroxylation is 2. The fourth-order valence-corrected chi connectivity index (χ4v) is 4.80. The van der Waals surface area contributed by atoms with Crippen LogP contribution in [0.5, 0.6) is 0 Å². The summed E-state index contributed by atoms with van der Waals surface area (Å²) in [5.41, 5.74) is 4.78. The van der Waals surface area contributed by atoms with Crippen molar-refractivity contribution in [3.05, 3.63) is 124 Å². The lowest BCUT2D eigenvalue weighted by Crippen LogP contribution is -2.19. The van der Waals surface area contributed by atoms with E-state index in [1.165, 1.54) is 11.8 Å². The van der Waals surface area contributed by atoms with Crippen LogP contribution in [0.3, 0.4) is 0 Å². The van der Waals surface area contributed by atoms with Gasteiger partial charge in [0.25, 0.3) is 5.91 Å². The summed E-state index contributed by atoms with van der Waals surface area (Å²) in [5, 5.41) is 6.07. The van der Waals surface area contributed by atoms with E-state index in [0.717, 1.165) is 21.6 Å². The van der Waals surface area contributed by atoms with Gasteiger partial charge in [-0.2, -0.15) is 0 Å². The van der Waals surface area contributed by atoms with Crippen LogP contribution in [0.25, 0.3) is 0 Å². The van der Waals surface area contributed by atoms with E-state index in [9.17, 15) is 9.59 Å². The molecule has 0 saturated carbocycles. The van der Waals surface area contributed by atoms with Crippen LogP contribution in [-0.4, -0.2) is 11.8 Å². The topological polar surface area (TPSA) is 58.2 Å². The van der Waals surface area contributed by atoms with Crippen LogP contribution in [-0.2, 0) is 4.79 Å². The summed E-state index contributed by atoms with van der Waals surface area (Å²) in [4.78, 5) is 26.9. The quantitative estimate of drug-likeness (QED) is 0.256. The Morgan fingerprint density at radius 1 is 0.771 bits per heavy atom. The van der Waals surface area contributed by atoms with Crippen molar-refractivity contribution >= 4 is 46.6 Å². The third kappa shape index (κ3) is 6.32. The number of benzene rings is 4. The maximum Gasteiger partial charge on any atom is 0.255 e. The Kier molecular flexibility index (Phi) is 7.91. The number of halogens is 1. The van der Waals surface area contributed by atoms with Crippen molar-refractivity contribution in [2.45, 2.75) is 24.0 Å². The number of amides is 2. The minimum absolute atomic E-state index is 0.136. The lowest BCUT2D eigenvalue weighted by atomic mass is 10.1. The summed E-state index contributed by atoms with van der Waals surface area (Å²) in [6, 6.07) is 30.1. The molecule has 4 nitrogen and oxygen atoms in total. The minimum atomic E-state index is -0.470. The molecule has 176 valence electrons. The summed E-state index contributed by atoms with van der Waals surface area (Å²) in [7, 11) is 0. The summed E-state index contributed by atoms with van der Waals surface area (Å²) in [5.74, 6) is -0.287. The maximum atomic E-state index is 13.4. The van der Waals surface area contributed by atoms with Crippen LogP contribution >= 0.6 is 23.4 Å². The summed E-state index contributed by atoms with van der Waals surface area (Å²) in [6.45, 7) is 3.84. The Hall–Kier alpha value is -3.54. The van der Waals surface area contributed by atoms with Crippen LogP contribution in [0.2, 0.25) is 5.02 Å². The molecule has 0 aromatic heterocycles. The van der Waals surface area contributed by atoms with Crippen LogP contribution in [0, 0.1) is 13.8 Å². The third-order valence-electron chi connectivity index (χ3n) is 5.55. The molecule has 0 spiro atoms. The third-order valence-corrected chi connectivity index (χ3v) is 7.06. The molecule has 35 heavy (non-hydrogen) atoms. The molecule has 0 radical (unpaired) electrons. The van der Waals surface area contributed by atoms with Gasteiger partial charge in [0.1, 0.15) is 5.25 Å². The van der Waals surface area contributed by atoms with Crippen molar-refractivity contribution in [3.63, 3.8) is 0 Å². The van der Waals surface area contributed by atoms with E-state index in [1.54, 1.807) is 18.2 Å². The standard InChI is InChI=1S/C29H25ClN2O2S/c1-19-8-6-7-11-25(19)28(33)31-23-14-16-24(17-15-23)35-27(21-9-4-3-5-10-21)29(34)32-26-18-22(30)13-12-20(26)2/h3-18,27H,1-2H3,(H,31,33)(H,32,34). The number of rotatable bonds is 7. The molecule has 0 aliphatic carbocycles. The van der Waals surface area contributed by atoms with Gasteiger partial charge in [-0.05, 0) is 73.0 Å². The van der Waals surface area contributed by atoms with Crippen LogP contribution in [0.1, 0.15) is 32.3 Å². The van der Waals surface area contributed by atoms with Crippen molar-refractivity contribution in [2.75, 3.05) is 10.6 Å². The van der Waals surface area contributed by atoms with Gasteiger partial charge in [0.15, 0.2) is 0 Å². The number of carbonyl (C=O) groups excluding carboxylic acids is 2. The Labute approximate surface area is 214 Å². The zero-order chi connectivity index (χ0) is 24.8. The zero-order valence-electron chi connectivity index (χ0n) is 19.4. The Morgan fingerprint density at radius 3 is 2.17 bits per heavy atom.